The zero-order valence-corrected chi connectivity index (χ0v) is 11.5. The lowest BCUT2D eigenvalue weighted by molar-refractivity contribution is 0.0609. The molecule has 0 saturated carbocycles. The molecule has 0 aromatic carbocycles. The first-order valence-corrected chi connectivity index (χ1v) is 7.30. The van der Waals surface area contributed by atoms with Crippen molar-refractivity contribution in [3.8, 4) is 0 Å². The lowest BCUT2D eigenvalue weighted by Gasteiger charge is -2.52. The second-order valence-electron chi connectivity index (χ2n) is 5.69. The van der Waals surface area contributed by atoms with Crippen LogP contribution in [0.3, 0.4) is 0 Å². The maximum atomic E-state index is 4.33. The molecule has 3 rings (SSSR count). The van der Waals surface area contributed by atoms with Crippen molar-refractivity contribution in [2.75, 3.05) is 33.7 Å². The minimum Gasteiger partial charge on any atom is -0.306 e. The maximum Gasteiger partial charge on any atom is 0.0616 e. The van der Waals surface area contributed by atoms with Crippen LogP contribution in [0, 0.1) is 11.3 Å². The lowest BCUT2D eigenvalue weighted by Crippen LogP contribution is -2.53. The van der Waals surface area contributed by atoms with E-state index in [2.05, 4.69) is 40.6 Å². The number of fused-ring (bicyclic) bond motifs is 2. The summed E-state index contributed by atoms with van der Waals surface area (Å²) in [5, 5.41) is 0.558. The fourth-order valence-electron chi connectivity index (χ4n) is 3.47. The van der Waals surface area contributed by atoms with Crippen LogP contribution in [0.25, 0.3) is 0 Å². The van der Waals surface area contributed by atoms with Crippen molar-refractivity contribution in [2.45, 2.75) is 18.1 Å². The van der Waals surface area contributed by atoms with Crippen LogP contribution in [0.1, 0.15) is 12.8 Å². The topological polar surface area (TPSA) is 18.8 Å². The molecule has 0 bridgehead atoms. The van der Waals surface area contributed by atoms with Crippen LogP contribution in [-0.2, 0) is 0 Å². The van der Waals surface area contributed by atoms with Crippen molar-refractivity contribution in [1.82, 2.24) is 9.21 Å². The van der Waals surface area contributed by atoms with Gasteiger partial charge in [-0.05, 0) is 45.4 Å². The molecule has 3 nitrogen and oxygen atoms in total. The monoisotopic (exact) mass is 251 g/mol. The predicted molar refractivity (Wildman–Crippen MR) is 74.3 cm³/mol. The number of likely N-dealkylation sites (tertiary alicyclic amines) is 1. The van der Waals surface area contributed by atoms with Gasteiger partial charge in [0.05, 0.1) is 5.25 Å². The third-order valence-electron chi connectivity index (χ3n) is 4.50. The Kier molecular flexibility index (Phi) is 3.05. The minimum atomic E-state index is 0.486. The molecule has 94 valence electrons. The molecule has 0 aromatic rings. The third kappa shape index (κ3) is 2.07. The van der Waals surface area contributed by atoms with Crippen molar-refractivity contribution in [1.29, 1.82) is 0 Å². The van der Waals surface area contributed by atoms with Crippen molar-refractivity contribution in [3.63, 3.8) is 0 Å². The standard InChI is InChI=1S/C13H21N3S/c1-15-7-4-13(5-8-15)10-16(2)17-12-9-14-6-3-11(12)13/h3,6,9,11-12H,4-5,7-8,10H2,1-2H3. The molecule has 2 unspecified atom stereocenters. The molecule has 0 amide bonds. The van der Waals surface area contributed by atoms with E-state index in [9.17, 15) is 0 Å². The van der Waals surface area contributed by atoms with E-state index >= 15 is 0 Å². The Morgan fingerprint density at radius 1 is 1.29 bits per heavy atom. The summed E-state index contributed by atoms with van der Waals surface area (Å²) in [6, 6.07) is 0. The van der Waals surface area contributed by atoms with Crippen LogP contribution in [0.4, 0.5) is 0 Å². The molecule has 4 heteroatoms. The average Bonchev–Trinajstić information content (AvgIpc) is 2.33. The fraction of sp³-hybridized carbons (Fsp3) is 0.769. The Morgan fingerprint density at radius 2 is 2.06 bits per heavy atom. The van der Waals surface area contributed by atoms with Crippen LogP contribution >= 0.6 is 11.9 Å². The molecular weight excluding hydrogens is 230 g/mol. The Balaban J connectivity index is 1.86. The van der Waals surface area contributed by atoms with Crippen LogP contribution in [-0.4, -0.2) is 54.4 Å². The van der Waals surface area contributed by atoms with Gasteiger partial charge >= 0.3 is 0 Å². The average molecular weight is 251 g/mol. The van der Waals surface area contributed by atoms with E-state index in [-0.39, 0.29) is 0 Å². The van der Waals surface area contributed by atoms with E-state index in [0.29, 0.717) is 16.6 Å². The van der Waals surface area contributed by atoms with E-state index in [0.717, 1.165) is 0 Å². The van der Waals surface area contributed by atoms with Crippen molar-refractivity contribution < 1.29 is 0 Å². The highest BCUT2D eigenvalue weighted by atomic mass is 32.2. The van der Waals surface area contributed by atoms with Gasteiger partial charge in [-0.1, -0.05) is 18.0 Å². The van der Waals surface area contributed by atoms with Gasteiger partial charge in [-0.25, -0.2) is 0 Å². The largest absolute Gasteiger partial charge is 0.306 e. The third-order valence-corrected chi connectivity index (χ3v) is 5.64. The predicted octanol–water partition coefficient (Wildman–Crippen LogP) is 1.87. The molecule has 2 fully saturated rings. The zero-order chi connectivity index (χ0) is 11.9. The van der Waals surface area contributed by atoms with Gasteiger partial charge in [0, 0.05) is 24.9 Å². The Bertz CT molecular complexity index is 345. The molecule has 2 saturated heterocycles. The first-order valence-electron chi connectivity index (χ1n) is 6.46. The normalized spacial score (nSPS) is 37.3. The number of rotatable bonds is 0. The molecule has 3 aliphatic heterocycles. The molecule has 0 aliphatic carbocycles. The first-order chi connectivity index (χ1) is 8.20. The molecule has 3 aliphatic rings. The Hall–Kier alpha value is -0.320. The van der Waals surface area contributed by atoms with Gasteiger partial charge in [-0.2, -0.15) is 0 Å². The maximum absolute atomic E-state index is 4.33. The molecule has 0 radical (unpaired) electrons. The molecule has 1 spiro atoms. The fourth-order valence-corrected chi connectivity index (χ4v) is 4.86. The second kappa shape index (κ2) is 4.41. The van der Waals surface area contributed by atoms with Crippen LogP contribution in [0.15, 0.2) is 17.3 Å². The van der Waals surface area contributed by atoms with Gasteiger partial charge in [0.25, 0.3) is 0 Å². The zero-order valence-electron chi connectivity index (χ0n) is 10.7. The van der Waals surface area contributed by atoms with Crippen LogP contribution in [0.2, 0.25) is 0 Å². The van der Waals surface area contributed by atoms with Crippen molar-refractivity contribution in [3.05, 3.63) is 12.3 Å². The summed E-state index contributed by atoms with van der Waals surface area (Å²) in [4.78, 5) is 6.79. The number of allylic oxidation sites excluding steroid dienone is 1. The molecule has 2 atom stereocenters. The Morgan fingerprint density at radius 3 is 2.82 bits per heavy atom. The Labute approximate surface area is 108 Å². The number of aliphatic imine (C=N–C) groups is 1. The number of nitrogens with zero attached hydrogens (tertiary/aromatic N) is 3. The number of piperidine rings is 1. The van der Waals surface area contributed by atoms with E-state index in [1.54, 1.807) is 0 Å². The van der Waals surface area contributed by atoms with Gasteiger partial charge in [-0.3, -0.25) is 9.30 Å². The van der Waals surface area contributed by atoms with Crippen molar-refractivity contribution in [2.24, 2.45) is 16.3 Å². The summed E-state index contributed by atoms with van der Waals surface area (Å²) in [6.45, 7) is 3.71. The summed E-state index contributed by atoms with van der Waals surface area (Å²) in [7, 11) is 4.47. The van der Waals surface area contributed by atoms with E-state index in [1.807, 2.05) is 18.1 Å². The molecular formula is C13H21N3S. The van der Waals surface area contributed by atoms with E-state index in [1.165, 1.54) is 32.5 Å². The van der Waals surface area contributed by atoms with Gasteiger partial charge in [-0.15, -0.1) is 0 Å². The van der Waals surface area contributed by atoms with Gasteiger partial charge in [0.2, 0.25) is 0 Å². The molecule has 0 N–H and O–H groups in total. The van der Waals surface area contributed by atoms with Crippen LogP contribution in [0.5, 0.6) is 0 Å². The van der Waals surface area contributed by atoms with Crippen molar-refractivity contribution >= 4 is 18.2 Å². The minimum absolute atomic E-state index is 0.486. The summed E-state index contributed by atoms with van der Waals surface area (Å²) in [6.07, 6.45) is 9.16. The molecule has 3 heterocycles. The van der Waals surface area contributed by atoms with Crippen LogP contribution < -0.4 is 0 Å². The molecule has 17 heavy (non-hydrogen) atoms. The van der Waals surface area contributed by atoms with Gasteiger partial charge in [0.1, 0.15) is 0 Å². The first kappa shape index (κ1) is 11.8. The van der Waals surface area contributed by atoms with Gasteiger partial charge < -0.3 is 4.90 Å². The highest BCUT2D eigenvalue weighted by molar-refractivity contribution is 7.98. The number of hydrogen-bond acceptors (Lipinski definition) is 4. The van der Waals surface area contributed by atoms with E-state index < -0.39 is 0 Å². The van der Waals surface area contributed by atoms with Gasteiger partial charge in [0.15, 0.2) is 0 Å². The summed E-state index contributed by atoms with van der Waals surface area (Å²) in [5.74, 6) is 0.690. The number of hydrogen-bond donors (Lipinski definition) is 0. The summed E-state index contributed by atoms with van der Waals surface area (Å²) in [5.41, 5.74) is 0.486. The summed E-state index contributed by atoms with van der Waals surface area (Å²) >= 11 is 1.96. The quantitative estimate of drug-likeness (QED) is 0.613. The second-order valence-corrected chi connectivity index (χ2v) is 7.07. The van der Waals surface area contributed by atoms with E-state index in [4.69, 9.17) is 0 Å². The molecule has 0 aromatic heterocycles. The lowest BCUT2D eigenvalue weighted by atomic mass is 9.66. The highest BCUT2D eigenvalue weighted by Gasteiger charge is 2.47. The highest BCUT2D eigenvalue weighted by Crippen LogP contribution is 2.49. The summed E-state index contributed by atoms with van der Waals surface area (Å²) < 4.78 is 2.43. The SMILES string of the molecule is CN1CCC2(CC1)CN(C)SC1C=NC=CC12. The smallest absolute Gasteiger partial charge is 0.0616 e.